The summed E-state index contributed by atoms with van der Waals surface area (Å²) in [5.74, 6) is 0.272. The van der Waals surface area contributed by atoms with Crippen LogP contribution in [0.2, 0.25) is 0 Å². The molecule has 5 nitrogen and oxygen atoms in total. The Bertz CT molecular complexity index is 425. The molecule has 1 saturated heterocycles. The Kier molecular flexibility index (Phi) is 6.66. The van der Waals surface area contributed by atoms with Gasteiger partial charge in [0, 0.05) is 25.6 Å². The predicted molar refractivity (Wildman–Crippen MR) is 80.9 cm³/mol. The SMILES string of the molecule is CN1CCOC[C@@H](CNC(=O)COCc2ccccc2)C1. The van der Waals surface area contributed by atoms with E-state index in [9.17, 15) is 4.79 Å². The van der Waals surface area contributed by atoms with Gasteiger partial charge in [0.05, 0.1) is 19.8 Å². The molecule has 0 aliphatic carbocycles. The van der Waals surface area contributed by atoms with Crippen LogP contribution < -0.4 is 5.32 Å². The number of benzene rings is 1. The van der Waals surface area contributed by atoms with Gasteiger partial charge in [-0.3, -0.25) is 4.79 Å². The standard InChI is InChI=1S/C16H24N2O3/c1-18-7-8-20-12-15(10-18)9-17-16(19)13-21-11-14-5-3-2-4-6-14/h2-6,15H,7-13H2,1H3,(H,17,19)/t15-/m0/s1. The molecular weight excluding hydrogens is 268 g/mol. The van der Waals surface area contributed by atoms with Crippen LogP contribution in [0.4, 0.5) is 0 Å². The summed E-state index contributed by atoms with van der Waals surface area (Å²) in [5, 5.41) is 2.92. The third-order valence-electron chi connectivity index (χ3n) is 3.47. The molecular formula is C16H24N2O3. The Morgan fingerprint density at radius 3 is 3.05 bits per heavy atom. The van der Waals surface area contributed by atoms with Gasteiger partial charge in [-0.1, -0.05) is 30.3 Å². The monoisotopic (exact) mass is 292 g/mol. The Hall–Kier alpha value is -1.43. The zero-order valence-corrected chi connectivity index (χ0v) is 12.6. The molecule has 21 heavy (non-hydrogen) atoms. The molecule has 1 aromatic rings. The van der Waals surface area contributed by atoms with Gasteiger partial charge in [-0.2, -0.15) is 0 Å². The zero-order chi connectivity index (χ0) is 14.9. The lowest BCUT2D eigenvalue weighted by molar-refractivity contribution is -0.126. The van der Waals surface area contributed by atoms with Crippen LogP contribution in [-0.4, -0.2) is 57.3 Å². The molecule has 1 N–H and O–H groups in total. The smallest absolute Gasteiger partial charge is 0.246 e. The maximum Gasteiger partial charge on any atom is 0.246 e. The lowest BCUT2D eigenvalue weighted by Gasteiger charge is -2.19. The first-order valence-electron chi connectivity index (χ1n) is 7.38. The van der Waals surface area contributed by atoms with Gasteiger partial charge in [0.2, 0.25) is 5.91 Å². The van der Waals surface area contributed by atoms with Crippen molar-refractivity contribution in [1.82, 2.24) is 10.2 Å². The first-order valence-corrected chi connectivity index (χ1v) is 7.38. The normalized spacial score (nSPS) is 20.0. The van der Waals surface area contributed by atoms with Crippen LogP contribution in [0.3, 0.4) is 0 Å². The number of carbonyl (C=O) groups is 1. The fourth-order valence-electron chi connectivity index (χ4n) is 2.32. The summed E-state index contributed by atoms with van der Waals surface area (Å²) in [6, 6.07) is 9.85. The van der Waals surface area contributed by atoms with E-state index >= 15 is 0 Å². The van der Waals surface area contributed by atoms with Gasteiger partial charge in [-0.25, -0.2) is 0 Å². The van der Waals surface area contributed by atoms with Crippen molar-refractivity contribution >= 4 is 5.91 Å². The first-order chi connectivity index (χ1) is 10.2. The van der Waals surface area contributed by atoms with Crippen molar-refractivity contribution in [3.8, 4) is 0 Å². The van der Waals surface area contributed by atoms with Gasteiger partial charge >= 0.3 is 0 Å². The predicted octanol–water partition coefficient (Wildman–Crippen LogP) is 0.898. The molecule has 0 aromatic heterocycles. The highest BCUT2D eigenvalue weighted by Crippen LogP contribution is 2.04. The summed E-state index contributed by atoms with van der Waals surface area (Å²) >= 11 is 0. The number of hydrogen-bond acceptors (Lipinski definition) is 4. The van der Waals surface area contributed by atoms with Crippen molar-refractivity contribution < 1.29 is 14.3 Å². The van der Waals surface area contributed by atoms with Crippen molar-refractivity contribution in [2.75, 3.05) is 46.5 Å². The molecule has 0 radical (unpaired) electrons. The molecule has 2 rings (SSSR count). The zero-order valence-electron chi connectivity index (χ0n) is 12.6. The van der Waals surface area contributed by atoms with Gasteiger partial charge < -0.3 is 19.7 Å². The van der Waals surface area contributed by atoms with Gasteiger partial charge in [0.25, 0.3) is 0 Å². The summed E-state index contributed by atoms with van der Waals surface area (Å²) in [6.07, 6.45) is 0. The summed E-state index contributed by atoms with van der Waals surface area (Å²) in [4.78, 5) is 14.0. The molecule has 1 aliphatic heterocycles. The van der Waals surface area contributed by atoms with Gasteiger partial charge in [0.15, 0.2) is 0 Å². The quantitative estimate of drug-likeness (QED) is 0.846. The molecule has 1 heterocycles. The summed E-state index contributed by atoms with van der Waals surface area (Å²) in [5.41, 5.74) is 1.07. The molecule has 1 aliphatic rings. The van der Waals surface area contributed by atoms with Crippen molar-refractivity contribution in [1.29, 1.82) is 0 Å². The number of likely N-dealkylation sites (N-methyl/N-ethyl adjacent to an activating group) is 1. The van der Waals surface area contributed by atoms with Gasteiger partial charge in [-0.15, -0.1) is 0 Å². The third kappa shape index (κ3) is 6.25. The van der Waals surface area contributed by atoms with Crippen LogP contribution in [0.15, 0.2) is 30.3 Å². The van der Waals surface area contributed by atoms with E-state index in [-0.39, 0.29) is 12.5 Å². The number of rotatable bonds is 6. The Morgan fingerprint density at radius 2 is 2.24 bits per heavy atom. The van der Waals surface area contributed by atoms with Crippen LogP contribution in [0.5, 0.6) is 0 Å². The van der Waals surface area contributed by atoms with Crippen LogP contribution in [-0.2, 0) is 20.9 Å². The fourth-order valence-corrected chi connectivity index (χ4v) is 2.32. The number of nitrogens with zero attached hydrogens (tertiary/aromatic N) is 1. The van der Waals surface area contributed by atoms with Crippen molar-refractivity contribution in [3.05, 3.63) is 35.9 Å². The largest absolute Gasteiger partial charge is 0.380 e. The number of ether oxygens (including phenoxy) is 2. The average Bonchev–Trinajstić information content (AvgIpc) is 2.70. The molecule has 116 valence electrons. The third-order valence-corrected chi connectivity index (χ3v) is 3.47. The molecule has 0 spiro atoms. The van der Waals surface area contributed by atoms with Crippen molar-refractivity contribution in [2.24, 2.45) is 5.92 Å². The molecule has 1 aromatic carbocycles. The van der Waals surface area contributed by atoms with E-state index in [2.05, 4.69) is 17.3 Å². The summed E-state index contributed by atoms with van der Waals surface area (Å²) in [6.45, 7) is 4.56. The van der Waals surface area contributed by atoms with E-state index in [1.807, 2.05) is 30.3 Å². The second kappa shape index (κ2) is 8.77. The van der Waals surface area contributed by atoms with Crippen molar-refractivity contribution in [2.45, 2.75) is 6.61 Å². The Morgan fingerprint density at radius 1 is 1.43 bits per heavy atom. The van der Waals surface area contributed by atoms with E-state index in [4.69, 9.17) is 9.47 Å². The highest BCUT2D eigenvalue weighted by atomic mass is 16.5. The maximum atomic E-state index is 11.8. The highest BCUT2D eigenvalue weighted by molar-refractivity contribution is 5.77. The summed E-state index contributed by atoms with van der Waals surface area (Å²) in [7, 11) is 2.08. The van der Waals surface area contributed by atoms with E-state index < -0.39 is 0 Å². The minimum Gasteiger partial charge on any atom is -0.380 e. The van der Waals surface area contributed by atoms with Crippen LogP contribution in [0, 0.1) is 5.92 Å². The number of hydrogen-bond donors (Lipinski definition) is 1. The maximum absolute atomic E-state index is 11.8. The Balaban J connectivity index is 1.61. The molecule has 0 unspecified atom stereocenters. The molecule has 1 atom stereocenters. The van der Waals surface area contributed by atoms with E-state index in [1.54, 1.807) is 0 Å². The molecule has 5 heteroatoms. The van der Waals surface area contributed by atoms with Crippen LogP contribution >= 0.6 is 0 Å². The lowest BCUT2D eigenvalue weighted by Crippen LogP contribution is -2.37. The van der Waals surface area contributed by atoms with Crippen LogP contribution in [0.1, 0.15) is 5.56 Å². The first kappa shape index (κ1) is 15.9. The van der Waals surface area contributed by atoms with E-state index in [1.165, 1.54) is 0 Å². The van der Waals surface area contributed by atoms with Crippen LogP contribution in [0.25, 0.3) is 0 Å². The van der Waals surface area contributed by atoms with E-state index in [0.29, 0.717) is 25.7 Å². The molecule has 1 fully saturated rings. The topological polar surface area (TPSA) is 50.8 Å². The minimum atomic E-state index is -0.0715. The second-order valence-electron chi connectivity index (χ2n) is 5.49. The molecule has 1 amide bonds. The average molecular weight is 292 g/mol. The lowest BCUT2D eigenvalue weighted by atomic mass is 10.1. The number of nitrogens with one attached hydrogen (secondary N) is 1. The van der Waals surface area contributed by atoms with E-state index in [0.717, 1.165) is 25.3 Å². The Labute approximate surface area is 126 Å². The minimum absolute atomic E-state index is 0.0715. The summed E-state index contributed by atoms with van der Waals surface area (Å²) < 4.78 is 10.9. The fraction of sp³-hybridized carbons (Fsp3) is 0.562. The number of carbonyl (C=O) groups excluding carboxylic acids is 1. The second-order valence-corrected chi connectivity index (χ2v) is 5.49. The number of amides is 1. The van der Waals surface area contributed by atoms with Gasteiger partial charge in [-0.05, 0) is 12.6 Å². The molecule has 0 bridgehead atoms. The molecule has 0 saturated carbocycles. The van der Waals surface area contributed by atoms with Gasteiger partial charge in [0.1, 0.15) is 6.61 Å². The van der Waals surface area contributed by atoms with Crippen molar-refractivity contribution in [3.63, 3.8) is 0 Å². The highest BCUT2D eigenvalue weighted by Gasteiger charge is 2.16.